The first-order chi connectivity index (χ1) is 18.3. The van der Waals surface area contributed by atoms with Gasteiger partial charge in [-0.25, -0.2) is 26.6 Å². The average molecular weight is 567 g/mol. The fourth-order valence-electron chi connectivity index (χ4n) is 4.31. The fraction of sp³-hybridized carbons (Fsp3) is 0.320. The maximum absolute atomic E-state index is 14.7. The predicted octanol–water partition coefficient (Wildman–Crippen LogP) is 2.12. The Hall–Kier alpha value is -3.43. The third kappa shape index (κ3) is 5.51. The average Bonchev–Trinajstić information content (AvgIpc) is 2.87. The van der Waals surface area contributed by atoms with Crippen LogP contribution in [0.25, 0.3) is 11.3 Å². The number of ether oxygens (including phenoxy) is 1. The number of pyridine rings is 2. The van der Waals surface area contributed by atoms with E-state index in [4.69, 9.17) is 10.5 Å². The van der Waals surface area contributed by atoms with Gasteiger partial charge in [0.2, 0.25) is 0 Å². The van der Waals surface area contributed by atoms with Crippen LogP contribution in [0, 0.1) is 17.5 Å². The van der Waals surface area contributed by atoms with Crippen molar-refractivity contribution < 1.29 is 41.3 Å². The monoisotopic (exact) mass is 566 g/mol. The minimum absolute atomic E-state index is 0.0925. The van der Waals surface area contributed by atoms with Gasteiger partial charge in [0.05, 0.1) is 41.2 Å². The smallest absolute Gasteiger partial charge is 0.274 e. The predicted molar refractivity (Wildman–Crippen MR) is 133 cm³/mol. The maximum atomic E-state index is 14.7. The van der Waals surface area contributed by atoms with Crippen LogP contribution in [0.5, 0.6) is 0 Å². The summed E-state index contributed by atoms with van der Waals surface area (Å²) in [6.07, 6.45) is 2.05. The summed E-state index contributed by atoms with van der Waals surface area (Å²) in [6.45, 7) is 0.936. The number of nitrogens with two attached hydrogens (primary N) is 1. The van der Waals surface area contributed by atoms with Crippen LogP contribution in [-0.4, -0.2) is 65.1 Å². The molecule has 1 amide bonds. The molecule has 0 saturated carbocycles. The molecule has 14 heteroatoms. The molecule has 10 nitrogen and oxygen atoms in total. The minimum Gasteiger partial charge on any atom is -0.393 e. The zero-order valence-corrected chi connectivity index (χ0v) is 21.5. The van der Waals surface area contributed by atoms with E-state index in [-0.39, 0.29) is 12.1 Å². The number of nitrogens with zero attached hydrogens (tertiary/aromatic N) is 2. The first kappa shape index (κ1) is 28.6. The molecule has 1 aromatic carbocycles. The summed E-state index contributed by atoms with van der Waals surface area (Å²) in [6, 6.07) is 3.58. The third-order valence-electron chi connectivity index (χ3n) is 6.64. The van der Waals surface area contributed by atoms with Crippen LogP contribution in [0.15, 0.2) is 47.6 Å². The van der Waals surface area contributed by atoms with Gasteiger partial charge in [-0.05, 0) is 43.7 Å². The van der Waals surface area contributed by atoms with E-state index in [2.05, 4.69) is 15.3 Å². The molecule has 1 aliphatic rings. The number of hydrogen-bond donors (Lipinski definition) is 4. The van der Waals surface area contributed by atoms with Crippen molar-refractivity contribution in [1.29, 1.82) is 0 Å². The van der Waals surface area contributed by atoms with Gasteiger partial charge in [-0.3, -0.25) is 9.78 Å². The summed E-state index contributed by atoms with van der Waals surface area (Å²) in [5, 5.41) is 22.7. The molecule has 0 aliphatic carbocycles. The highest BCUT2D eigenvalue weighted by Crippen LogP contribution is 2.38. The van der Waals surface area contributed by atoms with Crippen LogP contribution >= 0.6 is 0 Å². The number of aliphatic hydroxyl groups excluding tert-OH is 1. The Morgan fingerprint density at radius 2 is 1.87 bits per heavy atom. The highest BCUT2D eigenvalue weighted by molar-refractivity contribution is 7.90. The van der Waals surface area contributed by atoms with Crippen molar-refractivity contribution in [3.63, 3.8) is 0 Å². The van der Waals surface area contributed by atoms with Gasteiger partial charge in [0.1, 0.15) is 34.4 Å². The van der Waals surface area contributed by atoms with Gasteiger partial charge in [0.25, 0.3) is 5.91 Å². The van der Waals surface area contributed by atoms with E-state index in [0.29, 0.717) is 17.7 Å². The van der Waals surface area contributed by atoms with Crippen LogP contribution in [0.1, 0.15) is 35.5 Å². The van der Waals surface area contributed by atoms with Crippen molar-refractivity contribution >= 4 is 21.4 Å². The summed E-state index contributed by atoms with van der Waals surface area (Å²) >= 11 is 0. The van der Waals surface area contributed by atoms with Gasteiger partial charge >= 0.3 is 0 Å². The minimum atomic E-state index is -3.95. The number of nitrogens with one attached hydrogen (secondary N) is 1. The number of sulfone groups is 1. The zero-order chi connectivity index (χ0) is 28.7. The number of carbonyl (C=O) groups excluding carboxylic acids is 1. The Labute approximate surface area is 221 Å². The molecule has 2 aromatic heterocycles. The van der Waals surface area contributed by atoms with E-state index in [1.807, 2.05) is 0 Å². The summed E-state index contributed by atoms with van der Waals surface area (Å²) in [5.74, 6) is -4.78. The van der Waals surface area contributed by atoms with Gasteiger partial charge in [0.15, 0.2) is 9.84 Å². The van der Waals surface area contributed by atoms with Crippen molar-refractivity contribution in [3.8, 4) is 11.3 Å². The van der Waals surface area contributed by atoms with Crippen LogP contribution in [0.4, 0.5) is 18.9 Å². The van der Waals surface area contributed by atoms with Crippen LogP contribution in [0.3, 0.4) is 0 Å². The fourth-order valence-corrected chi connectivity index (χ4v) is 4.95. The van der Waals surface area contributed by atoms with E-state index in [1.165, 1.54) is 12.4 Å². The Morgan fingerprint density at radius 3 is 2.46 bits per heavy atom. The number of halogens is 3. The number of aliphatic hydroxyl groups is 2. The summed E-state index contributed by atoms with van der Waals surface area (Å²) in [5.41, 5.74) is 2.87. The highest BCUT2D eigenvalue weighted by Gasteiger charge is 2.47. The molecule has 0 unspecified atom stereocenters. The molecule has 0 spiro atoms. The highest BCUT2D eigenvalue weighted by atomic mass is 32.2. The van der Waals surface area contributed by atoms with Crippen molar-refractivity contribution in [3.05, 3.63) is 71.4 Å². The maximum Gasteiger partial charge on any atom is 0.274 e. The molecule has 1 aliphatic heterocycles. The number of carbonyl (C=O) groups is 1. The Balaban J connectivity index is 1.65. The van der Waals surface area contributed by atoms with Gasteiger partial charge in [-0.1, -0.05) is 0 Å². The Kier molecular flexibility index (Phi) is 7.78. The summed E-state index contributed by atoms with van der Waals surface area (Å²) in [7, 11) is -3.95. The number of rotatable bonds is 6. The molecular weight excluding hydrogens is 541 g/mol. The topological polar surface area (TPSA) is 165 Å². The molecule has 4 rings (SSSR count). The van der Waals surface area contributed by atoms with E-state index in [1.54, 1.807) is 13.0 Å². The van der Waals surface area contributed by atoms with Gasteiger partial charge in [-0.15, -0.1) is 0 Å². The van der Waals surface area contributed by atoms with Crippen LogP contribution in [0.2, 0.25) is 0 Å². The number of amides is 1. The van der Waals surface area contributed by atoms with Gasteiger partial charge in [0, 0.05) is 24.1 Å². The molecule has 1 saturated heterocycles. The summed E-state index contributed by atoms with van der Waals surface area (Å²) < 4.78 is 73.2. The van der Waals surface area contributed by atoms with Gasteiger partial charge < -0.3 is 26.0 Å². The zero-order valence-electron chi connectivity index (χ0n) is 20.7. The van der Waals surface area contributed by atoms with Crippen molar-refractivity contribution in [2.45, 2.75) is 42.1 Å². The third-order valence-corrected chi connectivity index (χ3v) is 7.74. The lowest BCUT2D eigenvalue weighted by Gasteiger charge is -2.45. The quantitative estimate of drug-likeness (QED) is 0.350. The van der Waals surface area contributed by atoms with Crippen molar-refractivity contribution in [1.82, 2.24) is 9.97 Å². The second kappa shape index (κ2) is 10.6. The number of hydrogen-bond acceptors (Lipinski definition) is 9. The lowest BCUT2D eigenvalue weighted by atomic mass is 9.82. The first-order valence-electron chi connectivity index (χ1n) is 11.6. The molecule has 0 radical (unpaired) electrons. The Bertz CT molecular complexity index is 1500. The molecule has 208 valence electrons. The lowest BCUT2D eigenvalue weighted by molar-refractivity contribution is -0.194. The van der Waals surface area contributed by atoms with Crippen molar-refractivity contribution in [2.75, 3.05) is 18.2 Å². The normalized spacial score (nSPS) is 23.4. The molecule has 3 heterocycles. The summed E-state index contributed by atoms with van der Waals surface area (Å²) in [4.78, 5) is 20.2. The van der Waals surface area contributed by atoms with Crippen LogP contribution in [-0.2, 0) is 14.6 Å². The van der Waals surface area contributed by atoms with E-state index < -0.39 is 85.5 Å². The second-order valence-electron chi connectivity index (χ2n) is 9.24. The lowest BCUT2D eigenvalue weighted by Crippen LogP contribution is -2.62. The standard InChI is InChI=1S/C25H25F3N4O6S/c1-12-25(35,11-33)21(29)9-20(38-12)14-5-6-30-10-19(14)32-24(34)18-4-3-15(26)23(31-18)22-16(27)7-13(8-17(22)28)39(2,36)37/h3-8,10,12,20-21,33,35H,9,11,29H2,1-2H3,(H,32,34)/t12-,20-,21-,25-/m1/s1. The van der Waals surface area contributed by atoms with Crippen LogP contribution < -0.4 is 11.1 Å². The van der Waals surface area contributed by atoms with E-state index in [0.717, 1.165) is 18.4 Å². The molecule has 4 atom stereocenters. The first-order valence-corrected chi connectivity index (χ1v) is 13.5. The largest absolute Gasteiger partial charge is 0.393 e. The molecule has 0 bridgehead atoms. The molecule has 5 N–H and O–H groups in total. The van der Waals surface area contributed by atoms with E-state index in [9.17, 15) is 36.6 Å². The second-order valence-corrected chi connectivity index (χ2v) is 11.3. The molecular formula is C25H25F3N4O6S. The Morgan fingerprint density at radius 1 is 1.21 bits per heavy atom. The van der Waals surface area contributed by atoms with E-state index >= 15 is 0 Å². The number of benzene rings is 1. The molecule has 3 aromatic rings. The van der Waals surface area contributed by atoms with Crippen molar-refractivity contribution in [2.24, 2.45) is 5.73 Å². The number of aromatic nitrogens is 2. The SMILES string of the molecule is C[C@H]1O[C@@H](c2ccncc2NC(=O)c2ccc(F)c(-c3c(F)cc(S(C)(=O)=O)cc3F)n2)C[C@@H](N)[C@@]1(O)CO. The van der Waals surface area contributed by atoms with Gasteiger partial charge in [-0.2, -0.15) is 0 Å². The molecule has 39 heavy (non-hydrogen) atoms. The number of anilines is 1. The molecule has 1 fully saturated rings.